The molecule has 0 bridgehead atoms. The van der Waals surface area contributed by atoms with Crippen molar-refractivity contribution in [3.63, 3.8) is 0 Å². The SMILES string of the molecule is COC(=O)CC(=NCc1ccccc1)C(=O)OC(C)(C)C. The molecule has 1 aromatic rings. The van der Waals surface area contributed by atoms with Crippen LogP contribution in [-0.2, 0) is 25.6 Å². The quantitative estimate of drug-likeness (QED) is 0.617. The Morgan fingerprint density at radius 3 is 2.29 bits per heavy atom. The first-order valence-electron chi connectivity index (χ1n) is 6.69. The topological polar surface area (TPSA) is 65.0 Å². The molecule has 0 unspecified atom stereocenters. The van der Waals surface area contributed by atoms with E-state index in [4.69, 9.17) is 4.74 Å². The number of methoxy groups -OCH3 is 1. The van der Waals surface area contributed by atoms with Gasteiger partial charge >= 0.3 is 11.9 Å². The third-order valence-corrected chi connectivity index (χ3v) is 2.47. The van der Waals surface area contributed by atoms with E-state index in [1.807, 2.05) is 30.3 Å². The van der Waals surface area contributed by atoms with Crippen molar-refractivity contribution in [2.24, 2.45) is 4.99 Å². The molecule has 0 atom stereocenters. The normalized spacial score (nSPS) is 11.9. The minimum Gasteiger partial charge on any atom is -0.469 e. The van der Waals surface area contributed by atoms with Crippen LogP contribution in [0.5, 0.6) is 0 Å². The van der Waals surface area contributed by atoms with Gasteiger partial charge in [-0.15, -0.1) is 0 Å². The van der Waals surface area contributed by atoms with Crippen LogP contribution >= 0.6 is 0 Å². The molecule has 0 N–H and O–H groups in total. The first-order valence-corrected chi connectivity index (χ1v) is 6.69. The van der Waals surface area contributed by atoms with Gasteiger partial charge in [-0.1, -0.05) is 30.3 Å². The average Bonchev–Trinajstić information content (AvgIpc) is 2.42. The summed E-state index contributed by atoms with van der Waals surface area (Å²) in [4.78, 5) is 27.7. The van der Waals surface area contributed by atoms with Gasteiger partial charge in [-0.25, -0.2) is 4.79 Å². The molecule has 0 aliphatic heterocycles. The molecule has 5 nitrogen and oxygen atoms in total. The predicted octanol–water partition coefficient (Wildman–Crippen LogP) is 2.53. The minimum absolute atomic E-state index is 0.0700. The smallest absolute Gasteiger partial charge is 0.353 e. The van der Waals surface area contributed by atoms with E-state index < -0.39 is 17.5 Å². The van der Waals surface area contributed by atoms with Crippen molar-refractivity contribution in [2.75, 3.05) is 7.11 Å². The van der Waals surface area contributed by atoms with Gasteiger partial charge in [-0.3, -0.25) is 9.79 Å². The number of esters is 2. The Labute approximate surface area is 125 Å². The Kier molecular flexibility index (Phi) is 6.09. The van der Waals surface area contributed by atoms with Crippen LogP contribution in [0, 0.1) is 0 Å². The lowest BCUT2D eigenvalue weighted by atomic mass is 10.2. The average molecular weight is 291 g/mol. The summed E-state index contributed by atoms with van der Waals surface area (Å²) in [5, 5.41) is 0. The van der Waals surface area contributed by atoms with Crippen molar-refractivity contribution in [1.29, 1.82) is 0 Å². The van der Waals surface area contributed by atoms with Gasteiger partial charge in [-0.2, -0.15) is 0 Å². The summed E-state index contributed by atoms with van der Waals surface area (Å²) in [7, 11) is 1.27. The molecule has 0 saturated heterocycles. The first kappa shape index (κ1) is 16.9. The van der Waals surface area contributed by atoms with Crippen LogP contribution in [-0.4, -0.2) is 30.4 Å². The number of ether oxygens (including phenoxy) is 2. The summed E-state index contributed by atoms with van der Waals surface area (Å²) in [5.74, 6) is -1.11. The molecule has 0 spiro atoms. The van der Waals surface area contributed by atoms with Crippen LogP contribution in [0.3, 0.4) is 0 Å². The van der Waals surface area contributed by atoms with Crippen LogP contribution in [0.25, 0.3) is 0 Å². The van der Waals surface area contributed by atoms with Gasteiger partial charge in [-0.05, 0) is 26.3 Å². The summed E-state index contributed by atoms with van der Waals surface area (Å²) in [5.41, 5.74) is 0.379. The lowest BCUT2D eigenvalue weighted by Gasteiger charge is -2.19. The number of carbonyl (C=O) groups excluding carboxylic acids is 2. The van der Waals surface area contributed by atoms with Crippen molar-refractivity contribution >= 4 is 17.7 Å². The van der Waals surface area contributed by atoms with E-state index in [9.17, 15) is 9.59 Å². The lowest BCUT2D eigenvalue weighted by molar-refractivity contribution is -0.148. The van der Waals surface area contributed by atoms with Gasteiger partial charge < -0.3 is 9.47 Å². The molecule has 0 heterocycles. The predicted molar refractivity (Wildman–Crippen MR) is 80.1 cm³/mol. The number of hydrogen-bond acceptors (Lipinski definition) is 5. The highest BCUT2D eigenvalue weighted by molar-refractivity contribution is 6.39. The maximum Gasteiger partial charge on any atom is 0.353 e. The highest BCUT2D eigenvalue weighted by Crippen LogP contribution is 2.10. The maximum atomic E-state index is 12.1. The standard InChI is InChI=1S/C16H21NO4/c1-16(2,3)21-15(19)13(10-14(18)20-4)17-11-12-8-6-5-7-9-12/h5-9H,10-11H2,1-4H3. The number of benzene rings is 1. The Hall–Kier alpha value is -2.17. The monoisotopic (exact) mass is 291 g/mol. The molecule has 1 rings (SSSR count). The fourth-order valence-electron chi connectivity index (χ4n) is 1.51. The number of nitrogens with zero attached hydrogens (tertiary/aromatic N) is 1. The van der Waals surface area contributed by atoms with E-state index in [1.165, 1.54) is 7.11 Å². The number of carbonyl (C=O) groups is 2. The van der Waals surface area contributed by atoms with E-state index in [0.717, 1.165) is 5.56 Å². The largest absolute Gasteiger partial charge is 0.469 e. The van der Waals surface area contributed by atoms with Crippen LogP contribution in [0.4, 0.5) is 0 Å². The van der Waals surface area contributed by atoms with Gasteiger partial charge in [0, 0.05) is 0 Å². The highest BCUT2D eigenvalue weighted by Gasteiger charge is 2.23. The molecule has 0 aliphatic rings. The Balaban J connectivity index is 2.85. The molecule has 1 aromatic carbocycles. The Morgan fingerprint density at radius 1 is 1.14 bits per heavy atom. The summed E-state index contributed by atoms with van der Waals surface area (Å²) >= 11 is 0. The Morgan fingerprint density at radius 2 is 1.76 bits per heavy atom. The van der Waals surface area contributed by atoms with Crippen molar-refractivity contribution < 1.29 is 19.1 Å². The van der Waals surface area contributed by atoms with Gasteiger partial charge in [0.2, 0.25) is 0 Å². The van der Waals surface area contributed by atoms with Crippen molar-refractivity contribution in [2.45, 2.75) is 39.3 Å². The fourth-order valence-corrected chi connectivity index (χ4v) is 1.51. The molecule has 21 heavy (non-hydrogen) atoms. The zero-order valence-electron chi connectivity index (χ0n) is 12.9. The second kappa shape index (κ2) is 7.57. The van der Waals surface area contributed by atoms with Crippen LogP contribution in [0.15, 0.2) is 35.3 Å². The zero-order chi connectivity index (χ0) is 15.9. The molecule has 0 saturated carbocycles. The van der Waals surface area contributed by atoms with E-state index in [2.05, 4.69) is 9.73 Å². The number of hydrogen-bond donors (Lipinski definition) is 0. The molecule has 0 fully saturated rings. The van der Waals surface area contributed by atoms with E-state index >= 15 is 0 Å². The molecule has 114 valence electrons. The van der Waals surface area contributed by atoms with Gasteiger partial charge in [0.05, 0.1) is 20.1 Å². The Bertz CT molecular complexity index is 515. The molecule has 0 radical (unpaired) electrons. The van der Waals surface area contributed by atoms with Crippen LogP contribution in [0.2, 0.25) is 0 Å². The first-order chi connectivity index (χ1) is 9.81. The number of aliphatic imine (C=N–C) groups is 1. The molecule has 0 amide bonds. The fraction of sp³-hybridized carbons (Fsp3) is 0.438. The van der Waals surface area contributed by atoms with Crippen molar-refractivity contribution in [1.82, 2.24) is 0 Å². The second-order valence-corrected chi connectivity index (χ2v) is 5.50. The lowest BCUT2D eigenvalue weighted by Crippen LogP contribution is -2.30. The molecule has 0 aliphatic carbocycles. The summed E-state index contributed by atoms with van der Waals surface area (Å²) in [6.45, 7) is 5.60. The van der Waals surface area contributed by atoms with E-state index in [1.54, 1.807) is 20.8 Å². The molecular formula is C16H21NO4. The second-order valence-electron chi connectivity index (χ2n) is 5.50. The summed E-state index contributed by atoms with van der Waals surface area (Å²) in [6, 6.07) is 9.47. The summed E-state index contributed by atoms with van der Waals surface area (Å²) in [6.07, 6.45) is -0.196. The van der Waals surface area contributed by atoms with Crippen molar-refractivity contribution in [3.8, 4) is 0 Å². The van der Waals surface area contributed by atoms with E-state index in [0.29, 0.717) is 6.54 Å². The highest BCUT2D eigenvalue weighted by atomic mass is 16.6. The van der Waals surface area contributed by atoms with Crippen molar-refractivity contribution in [3.05, 3.63) is 35.9 Å². The van der Waals surface area contributed by atoms with Gasteiger partial charge in [0.1, 0.15) is 11.3 Å². The van der Waals surface area contributed by atoms with E-state index in [-0.39, 0.29) is 12.1 Å². The molecular weight excluding hydrogens is 270 g/mol. The zero-order valence-corrected chi connectivity index (χ0v) is 12.9. The van der Waals surface area contributed by atoms with Crippen LogP contribution in [0.1, 0.15) is 32.8 Å². The maximum absolute atomic E-state index is 12.1. The third-order valence-electron chi connectivity index (χ3n) is 2.47. The summed E-state index contributed by atoms with van der Waals surface area (Å²) < 4.78 is 9.84. The van der Waals surface area contributed by atoms with Gasteiger partial charge in [0.25, 0.3) is 0 Å². The molecule has 0 aromatic heterocycles. The minimum atomic E-state index is -0.638. The van der Waals surface area contributed by atoms with Crippen LogP contribution < -0.4 is 0 Å². The molecule has 5 heteroatoms. The number of rotatable bonds is 5. The van der Waals surface area contributed by atoms with Gasteiger partial charge in [0.15, 0.2) is 0 Å². The third kappa shape index (κ3) is 6.70.